The van der Waals surface area contributed by atoms with Gasteiger partial charge < -0.3 is 22.3 Å². The van der Waals surface area contributed by atoms with E-state index in [1.165, 1.54) is 6.92 Å². The van der Waals surface area contributed by atoms with Crippen molar-refractivity contribution in [2.24, 2.45) is 0 Å². The van der Waals surface area contributed by atoms with Crippen molar-refractivity contribution in [1.82, 2.24) is 4.48 Å². The van der Waals surface area contributed by atoms with E-state index in [-0.39, 0.29) is 5.78 Å². The molecule has 2 aliphatic rings. The van der Waals surface area contributed by atoms with Crippen LogP contribution in [0.15, 0.2) is 53.2 Å². The summed E-state index contributed by atoms with van der Waals surface area (Å²) in [6.07, 6.45) is 1.72. The van der Waals surface area contributed by atoms with Crippen molar-refractivity contribution in [3.8, 4) is 17.0 Å². The molecule has 0 saturated carbocycles. The molecular formula is C20H19BF2N2O2. The van der Waals surface area contributed by atoms with Gasteiger partial charge in [-0.05, 0) is 55.8 Å². The molecule has 3 heterocycles. The third kappa shape index (κ3) is 2.34. The summed E-state index contributed by atoms with van der Waals surface area (Å²) in [5.41, 5.74) is 3.20. The fourth-order valence-electron chi connectivity index (χ4n) is 4.16. The molecule has 27 heavy (non-hydrogen) atoms. The van der Waals surface area contributed by atoms with Gasteiger partial charge in [0.15, 0.2) is 11.5 Å². The van der Waals surface area contributed by atoms with Gasteiger partial charge in [-0.2, -0.15) is 0 Å². The van der Waals surface area contributed by atoms with Crippen molar-refractivity contribution in [3.05, 3.63) is 58.9 Å². The van der Waals surface area contributed by atoms with Crippen LogP contribution in [-0.4, -0.2) is 34.5 Å². The normalized spacial score (nSPS) is 17.6. The van der Waals surface area contributed by atoms with Crippen molar-refractivity contribution in [2.75, 3.05) is 7.11 Å². The van der Waals surface area contributed by atoms with E-state index in [1.54, 1.807) is 63.4 Å². The Morgan fingerprint density at radius 1 is 1.11 bits per heavy atom. The first-order valence-electron chi connectivity index (χ1n) is 8.72. The molecule has 0 radical (unpaired) electrons. The number of rotatable bonds is 3. The third-order valence-corrected chi connectivity index (χ3v) is 5.34. The molecule has 0 unspecified atom stereocenters. The van der Waals surface area contributed by atoms with Crippen LogP contribution in [0.5, 0.6) is 5.75 Å². The minimum absolute atomic E-state index is 0.202. The van der Waals surface area contributed by atoms with Crippen molar-refractivity contribution < 1.29 is 22.6 Å². The van der Waals surface area contributed by atoms with Gasteiger partial charge in [-0.1, -0.05) is 0 Å². The standard InChI is InChI=1S/C20H19BF2N2O2/c1-12-19-11-16-7-10-18(15-5-8-17(27-4)9-6-15)25(16)21(22,23)24(19)13(2)20(12)14(3)26/h5-11H,1-4H3. The van der Waals surface area contributed by atoms with Crippen LogP contribution in [0.25, 0.3) is 17.3 Å². The van der Waals surface area contributed by atoms with Gasteiger partial charge >= 0.3 is 6.97 Å². The lowest BCUT2D eigenvalue weighted by Gasteiger charge is -2.31. The van der Waals surface area contributed by atoms with E-state index in [2.05, 4.69) is 0 Å². The topological polar surface area (TPSA) is 34.2 Å². The number of ether oxygens (including phenoxy) is 1. The van der Waals surface area contributed by atoms with E-state index in [0.717, 1.165) is 8.96 Å². The monoisotopic (exact) mass is 368 g/mol. The van der Waals surface area contributed by atoms with E-state index >= 15 is 8.63 Å². The largest absolute Gasteiger partial charge is 0.737 e. The number of carbonyl (C=O) groups is 1. The molecule has 1 aromatic carbocycles. The molecule has 0 saturated heterocycles. The van der Waals surface area contributed by atoms with Crippen molar-refractivity contribution in [2.45, 2.75) is 20.8 Å². The molecule has 2 aliphatic heterocycles. The maximum absolute atomic E-state index is 15.7. The Morgan fingerprint density at radius 3 is 2.37 bits per heavy atom. The number of Topliss-reactive ketones (excluding diaryl/α,β-unsaturated/α-hetero) is 1. The lowest BCUT2D eigenvalue weighted by atomic mass is 9.89. The average Bonchev–Trinajstić information content (AvgIpc) is 3.16. The number of benzene rings is 1. The van der Waals surface area contributed by atoms with Gasteiger partial charge in [0, 0.05) is 30.0 Å². The lowest BCUT2D eigenvalue weighted by Crippen LogP contribution is -2.50. The van der Waals surface area contributed by atoms with Crippen molar-refractivity contribution in [3.63, 3.8) is 0 Å². The number of nitrogens with zero attached hydrogens (tertiary/aromatic N) is 2. The molecule has 0 N–H and O–H groups in total. The maximum atomic E-state index is 15.7. The third-order valence-electron chi connectivity index (χ3n) is 5.34. The summed E-state index contributed by atoms with van der Waals surface area (Å²) in [6, 6.07) is 10.4. The van der Waals surface area contributed by atoms with Crippen LogP contribution in [0.1, 0.15) is 26.5 Å². The van der Waals surface area contributed by atoms with Gasteiger partial charge in [-0.15, -0.1) is 0 Å². The number of carbonyl (C=O) groups excluding carboxylic acids is 1. The highest BCUT2D eigenvalue weighted by Crippen LogP contribution is 2.40. The Bertz CT molecular complexity index is 1080. The summed E-state index contributed by atoms with van der Waals surface area (Å²) in [5, 5.41) is 0. The summed E-state index contributed by atoms with van der Waals surface area (Å²) in [4.78, 5) is 12.0. The van der Waals surface area contributed by atoms with Crippen LogP contribution in [0, 0.1) is 0 Å². The Morgan fingerprint density at radius 2 is 1.78 bits per heavy atom. The van der Waals surface area contributed by atoms with E-state index < -0.39 is 6.97 Å². The first-order chi connectivity index (χ1) is 12.8. The fourth-order valence-corrected chi connectivity index (χ4v) is 4.16. The summed E-state index contributed by atoms with van der Waals surface area (Å²) in [6.45, 7) is 0.584. The number of halogens is 2. The minimum atomic E-state index is -4.13. The summed E-state index contributed by atoms with van der Waals surface area (Å²) in [5.74, 6) is 0.463. The first kappa shape index (κ1) is 17.5. The second-order valence-electron chi connectivity index (χ2n) is 6.87. The first-order valence-corrected chi connectivity index (χ1v) is 8.72. The van der Waals surface area contributed by atoms with Crippen molar-refractivity contribution in [1.29, 1.82) is 0 Å². The molecule has 4 rings (SSSR count). The lowest BCUT2D eigenvalue weighted by molar-refractivity contribution is -0.362. The fraction of sp³-hybridized carbons (Fsp3) is 0.200. The molecule has 4 nitrogen and oxygen atoms in total. The average molecular weight is 368 g/mol. The van der Waals surface area contributed by atoms with E-state index in [9.17, 15) is 4.79 Å². The molecule has 0 atom stereocenters. The number of hydrogen-bond acceptors (Lipinski definition) is 2. The van der Waals surface area contributed by atoms with Crippen LogP contribution in [0.4, 0.5) is 8.63 Å². The summed E-state index contributed by atoms with van der Waals surface area (Å²) in [7, 11) is 1.56. The molecule has 0 fully saturated rings. The number of ketones is 1. The Kier molecular flexibility index (Phi) is 3.73. The van der Waals surface area contributed by atoms with E-state index in [1.807, 2.05) is 0 Å². The second kappa shape index (κ2) is 5.77. The van der Waals surface area contributed by atoms with E-state index in [0.29, 0.717) is 45.3 Å². The molecule has 2 aromatic rings. The van der Waals surface area contributed by atoms with Gasteiger partial charge in [0.1, 0.15) is 11.5 Å². The number of aromatic nitrogens is 1. The zero-order valence-electron chi connectivity index (χ0n) is 15.6. The zero-order valence-corrected chi connectivity index (χ0v) is 15.6. The van der Waals surface area contributed by atoms with Gasteiger partial charge in [0.2, 0.25) is 0 Å². The van der Waals surface area contributed by atoms with Crippen molar-refractivity contribution >= 4 is 24.5 Å². The van der Waals surface area contributed by atoms with E-state index in [4.69, 9.17) is 4.74 Å². The maximum Gasteiger partial charge on any atom is 0.737 e. The predicted molar refractivity (Wildman–Crippen MR) is 102 cm³/mol. The molecule has 0 amide bonds. The molecule has 138 valence electrons. The van der Waals surface area contributed by atoms with Crippen LogP contribution >= 0.6 is 0 Å². The molecule has 1 aromatic heterocycles. The van der Waals surface area contributed by atoms with Crippen LogP contribution < -0.4 is 4.74 Å². The summed E-state index contributed by atoms with van der Waals surface area (Å²) >= 11 is 0. The Hall–Kier alpha value is -2.96. The SMILES string of the molecule is COc1ccc(-c2ccc3n2[B-](F)(F)[N+]2=C(C)C(C(C)=O)=C(C)C2=C3)cc1. The van der Waals surface area contributed by atoms with Crippen LogP contribution in [-0.2, 0) is 4.79 Å². The smallest absolute Gasteiger partial charge is 0.497 e. The van der Waals surface area contributed by atoms with Gasteiger partial charge in [0.05, 0.1) is 12.7 Å². The number of allylic oxidation sites excluding steroid dienone is 2. The number of fused-ring (bicyclic) bond motifs is 2. The van der Waals surface area contributed by atoms with Gasteiger partial charge in [-0.3, -0.25) is 4.79 Å². The van der Waals surface area contributed by atoms with Crippen LogP contribution in [0.2, 0.25) is 0 Å². The number of hydrogen-bond donors (Lipinski definition) is 0. The molecule has 0 bridgehead atoms. The summed E-state index contributed by atoms with van der Waals surface area (Å²) < 4.78 is 38.6. The zero-order chi connectivity index (χ0) is 19.5. The molecular weight excluding hydrogens is 349 g/mol. The highest BCUT2D eigenvalue weighted by Gasteiger charge is 2.54. The Labute approximate surface area is 156 Å². The minimum Gasteiger partial charge on any atom is -0.497 e. The van der Waals surface area contributed by atoms with Gasteiger partial charge in [-0.25, -0.2) is 0 Å². The highest BCUT2D eigenvalue weighted by molar-refractivity contribution is 6.59. The van der Waals surface area contributed by atoms with Gasteiger partial charge in [0.25, 0.3) is 0 Å². The predicted octanol–water partition coefficient (Wildman–Crippen LogP) is 4.13. The molecule has 7 heteroatoms. The second-order valence-corrected chi connectivity index (χ2v) is 6.87. The molecule has 0 aliphatic carbocycles. The number of methoxy groups -OCH3 is 1. The highest BCUT2D eigenvalue weighted by atomic mass is 19.2. The Balaban J connectivity index is 1.93. The quantitative estimate of drug-likeness (QED) is 0.764. The molecule has 0 spiro atoms. The van der Waals surface area contributed by atoms with Crippen LogP contribution in [0.3, 0.4) is 0 Å².